The number of hydrogen-bond acceptors (Lipinski definition) is 3. The standard InChI is InChI=1S/C12H8F3N3O2/c13-12(14,15)11-10(16-18-17-11)8-3-1-2-7(6-8)4-5-9(19)20/h1-6H,(H,19,20)(H,16,17,18). The summed E-state index contributed by atoms with van der Waals surface area (Å²) in [6.45, 7) is 0. The summed E-state index contributed by atoms with van der Waals surface area (Å²) in [5.74, 6) is -1.15. The second-order valence-corrected chi connectivity index (χ2v) is 3.82. The van der Waals surface area contributed by atoms with Crippen LogP contribution in [0.2, 0.25) is 0 Å². The lowest BCUT2D eigenvalue weighted by Gasteiger charge is -2.05. The number of carboxylic acids is 1. The first-order valence-electron chi connectivity index (χ1n) is 5.37. The Morgan fingerprint density at radius 1 is 1.30 bits per heavy atom. The predicted molar refractivity (Wildman–Crippen MR) is 63.5 cm³/mol. The number of benzene rings is 1. The lowest BCUT2D eigenvalue weighted by Crippen LogP contribution is -2.07. The van der Waals surface area contributed by atoms with E-state index in [0.717, 1.165) is 6.08 Å². The molecule has 0 radical (unpaired) electrons. The van der Waals surface area contributed by atoms with Gasteiger partial charge in [-0.05, 0) is 17.7 Å². The molecule has 8 heteroatoms. The summed E-state index contributed by atoms with van der Waals surface area (Å²) in [5.41, 5.74) is -0.806. The van der Waals surface area contributed by atoms with Crippen molar-refractivity contribution >= 4 is 12.0 Å². The number of halogens is 3. The molecule has 20 heavy (non-hydrogen) atoms. The number of rotatable bonds is 3. The summed E-state index contributed by atoms with van der Waals surface area (Å²) in [7, 11) is 0. The molecule has 1 aromatic carbocycles. The zero-order valence-corrected chi connectivity index (χ0v) is 9.85. The molecule has 0 aliphatic heterocycles. The Balaban J connectivity index is 2.42. The highest BCUT2D eigenvalue weighted by molar-refractivity contribution is 5.85. The first-order valence-corrected chi connectivity index (χ1v) is 5.37. The maximum atomic E-state index is 12.7. The topological polar surface area (TPSA) is 78.9 Å². The smallest absolute Gasteiger partial charge is 0.437 e. The molecule has 1 heterocycles. The molecule has 104 valence electrons. The summed E-state index contributed by atoms with van der Waals surface area (Å²) in [6, 6.07) is 5.90. The van der Waals surface area contributed by atoms with E-state index in [0.29, 0.717) is 5.56 Å². The van der Waals surface area contributed by atoms with Gasteiger partial charge >= 0.3 is 12.1 Å². The van der Waals surface area contributed by atoms with Gasteiger partial charge in [0.2, 0.25) is 0 Å². The minimum Gasteiger partial charge on any atom is -0.478 e. The van der Waals surface area contributed by atoms with Crippen molar-refractivity contribution < 1.29 is 23.1 Å². The van der Waals surface area contributed by atoms with Crippen LogP contribution in [0.4, 0.5) is 13.2 Å². The first kappa shape index (κ1) is 13.8. The van der Waals surface area contributed by atoms with Crippen LogP contribution in [0.15, 0.2) is 30.3 Å². The molecule has 0 bridgehead atoms. The number of nitrogens with one attached hydrogen (secondary N) is 1. The van der Waals surface area contributed by atoms with Crippen LogP contribution in [-0.2, 0) is 11.0 Å². The monoisotopic (exact) mass is 283 g/mol. The second-order valence-electron chi connectivity index (χ2n) is 3.82. The van der Waals surface area contributed by atoms with Crippen molar-refractivity contribution in [2.24, 2.45) is 0 Å². The van der Waals surface area contributed by atoms with Gasteiger partial charge in [0, 0.05) is 11.6 Å². The fraction of sp³-hybridized carbons (Fsp3) is 0.0833. The van der Waals surface area contributed by atoms with Gasteiger partial charge in [-0.1, -0.05) is 18.2 Å². The van der Waals surface area contributed by atoms with Crippen LogP contribution in [0.1, 0.15) is 11.3 Å². The van der Waals surface area contributed by atoms with E-state index in [4.69, 9.17) is 5.11 Å². The number of alkyl halides is 3. The van der Waals surface area contributed by atoms with Crippen molar-refractivity contribution in [1.82, 2.24) is 15.4 Å². The lowest BCUT2D eigenvalue weighted by molar-refractivity contribution is -0.140. The third-order valence-electron chi connectivity index (χ3n) is 2.39. The van der Waals surface area contributed by atoms with Gasteiger partial charge in [-0.2, -0.15) is 28.6 Å². The molecular formula is C12H8F3N3O2. The van der Waals surface area contributed by atoms with Crippen LogP contribution >= 0.6 is 0 Å². The zero-order chi connectivity index (χ0) is 14.8. The van der Waals surface area contributed by atoms with Crippen molar-refractivity contribution in [1.29, 1.82) is 0 Å². The number of nitrogens with zero attached hydrogens (tertiary/aromatic N) is 2. The number of hydrogen-bond donors (Lipinski definition) is 2. The zero-order valence-electron chi connectivity index (χ0n) is 9.85. The molecular weight excluding hydrogens is 275 g/mol. The third-order valence-corrected chi connectivity index (χ3v) is 2.39. The van der Waals surface area contributed by atoms with Gasteiger partial charge in [-0.3, -0.25) is 0 Å². The fourth-order valence-corrected chi connectivity index (χ4v) is 1.59. The Morgan fingerprint density at radius 3 is 2.70 bits per heavy atom. The Morgan fingerprint density at radius 2 is 2.05 bits per heavy atom. The Hall–Kier alpha value is -2.64. The highest BCUT2D eigenvalue weighted by Gasteiger charge is 2.37. The van der Waals surface area contributed by atoms with Gasteiger partial charge in [-0.15, -0.1) is 0 Å². The molecule has 0 aliphatic carbocycles. The van der Waals surface area contributed by atoms with E-state index in [-0.39, 0.29) is 11.3 Å². The molecule has 0 saturated carbocycles. The van der Waals surface area contributed by atoms with Crippen molar-refractivity contribution in [3.63, 3.8) is 0 Å². The molecule has 0 unspecified atom stereocenters. The number of H-pyrrole nitrogens is 1. The molecule has 0 saturated heterocycles. The summed E-state index contributed by atoms with van der Waals surface area (Å²) in [4.78, 5) is 10.4. The van der Waals surface area contributed by atoms with Crippen molar-refractivity contribution in [3.8, 4) is 11.3 Å². The van der Waals surface area contributed by atoms with E-state index >= 15 is 0 Å². The average molecular weight is 283 g/mol. The molecule has 1 aromatic heterocycles. The predicted octanol–water partition coefficient (Wildman–Crippen LogP) is 2.59. The Bertz CT molecular complexity index is 662. The maximum absolute atomic E-state index is 12.7. The van der Waals surface area contributed by atoms with Gasteiger partial charge in [0.1, 0.15) is 5.69 Å². The minimum atomic E-state index is -4.62. The van der Waals surface area contributed by atoms with Crippen LogP contribution in [0, 0.1) is 0 Å². The quantitative estimate of drug-likeness (QED) is 0.848. The summed E-state index contributed by atoms with van der Waals surface area (Å²) in [5, 5.41) is 17.0. The SMILES string of the molecule is O=C(O)C=Cc1cccc(-c2n[nH]nc2C(F)(F)F)c1. The molecule has 2 N–H and O–H groups in total. The Labute approximate surface area is 110 Å². The van der Waals surface area contributed by atoms with E-state index in [2.05, 4.69) is 10.2 Å². The van der Waals surface area contributed by atoms with E-state index in [1.807, 2.05) is 5.21 Å². The van der Waals surface area contributed by atoms with E-state index in [1.165, 1.54) is 24.3 Å². The molecule has 0 aliphatic rings. The maximum Gasteiger partial charge on any atom is 0.437 e. The van der Waals surface area contributed by atoms with Gasteiger partial charge in [0.15, 0.2) is 5.69 Å². The van der Waals surface area contributed by atoms with Crippen LogP contribution in [-0.4, -0.2) is 26.5 Å². The largest absolute Gasteiger partial charge is 0.478 e. The summed E-state index contributed by atoms with van der Waals surface area (Å²) < 4.78 is 38.1. The van der Waals surface area contributed by atoms with E-state index < -0.39 is 17.8 Å². The second kappa shape index (κ2) is 5.16. The third kappa shape index (κ3) is 3.02. The number of carbonyl (C=O) groups is 1. The highest BCUT2D eigenvalue weighted by Crippen LogP contribution is 2.34. The molecule has 0 atom stereocenters. The van der Waals surface area contributed by atoms with E-state index in [1.54, 1.807) is 6.07 Å². The van der Waals surface area contributed by atoms with Gasteiger partial charge in [0.25, 0.3) is 0 Å². The molecule has 5 nitrogen and oxygen atoms in total. The van der Waals surface area contributed by atoms with Gasteiger partial charge in [-0.25, -0.2) is 4.79 Å². The highest BCUT2D eigenvalue weighted by atomic mass is 19.4. The first-order chi connectivity index (χ1) is 9.38. The number of aliphatic carboxylic acids is 1. The van der Waals surface area contributed by atoms with Crippen molar-refractivity contribution in [2.45, 2.75) is 6.18 Å². The molecule has 0 spiro atoms. The fourth-order valence-electron chi connectivity index (χ4n) is 1.59. The van der Waals surface area contributed by atoms with Gasteiger partial charge < -0.3 is 5.11 Å². The van der Waals surface area contributed by atoms with Crippen molar-refractivity contribution in [2.75, 3.05) is 0 Å². The van der Waals surface area contributed by atoms with Gasteiger partial charge in [0.05, 0.1) is 0 Å². The summed E-state index contributed by atoms with van der Waals surface area (Å²) in [6.07, 6.45) is -2.44. The number of aromatic amines is 1. The minimum absolute atomic E-state index is 0.193. The molecule has 2 aromatic rings. The molecule has 0 amide bonds. The van der Waals surface area contributed by atoms with Crippen LogP contribution in [0.25, 0.3) is 17.3 Å². The number of aromatic nitrogens is 3. The molecule has 2 rings (SSSR count). The van der Waals surface area contributed by atoms with Crippen LogP contribution in [0.3, 0.4) is 0 Å². The Kier molecular flexibility index (Phi) is 3.55. The average Bonchev–Trinajstić information content (AvgIpc) is 2.86. The van der Waals surface area contributed by atoms with E-state index in [9.17, 15) is 18.0 Å². The summed E-state index contributed by atoms with van der Waals surface area (Å²) >= 11 is 0. The molecule has 0 fully saturated rings. The van der Waals surface area contributed by atoms with Crippen LogP contribution in [0.5, 0.6) is 0 Å². The lowest BCUT2D eigenvalue weighted by atomic mass is 10.1. The normalized spacial score (nSPS) is 11.9. The van der Waals surface area contributed by atoms with Crippen LogP contribution < -0.4 is 0 Å². The van der Waals surface area contributed by atoms with Crippen molar-refractivity contribution in [3.05, 3.63) is 41.6 Å². The number of carboxylic acid groups (broad SMARTS) is 1.